The average Bonchev–Trinajstić information content (AvgIpc) is 2.56. The van der Waals surface area contributed by atoms with Gasteiger partial charge in [-0.15, -0.1) is 0 Å². The van der Waals surface area contributed by atoms with E-state index < -0.39 is 0 Å². The summed E-state index contributed by atoms with van der Waals surface area (Å²) in [4.78, 5) is 0. The fraction of sp³-hybridized carbons (Fsp3) is 0.0909. The van der Waals surface area contributed by atoms with E-state index in [1.165, 1.54) is 43.8 Å². The standard InChI is InChI=1S/C22H16.Na.H/c1-2-6-16-10-20-14-22-12-18-8-4-3-7-17(18)11-21(22)13-19(20)9-15(16)5-1;;/h1-9,12-14H,10-11H2;;/q;+1;-1. The maximum Gasteiger partial charge on any atom is 1.00 e. The first-order valence-electron chi connectivity index (χ1n) is 7.88. The molecule has 0 atom stereocenters. The number of benzene rings is 3. The molecular formula is C22H17Na. The molecule has 0 saturated heterocycles. The molecule has 106 valence electrons. The molecule has 0 heterocycles. The molecule has 23 heavy (non-hydrogen) atoms. The molecule has 0 nitrogen and oxygen atoms in total. The molecule has 5 rings (SSSR count). The predicted octanol–water partition coefficient (Wildman–Crippen LogP) is 0.269. The van der Waals surface area contributed by atoms with Crippen molar-refractivity contribution in [2.45, 2.75) is 12.8 Å². The minimum absolute atomic E-state index is 0. The summed E-state index contributed by atoms with van der Waals surface area (Å²) >= 11 is 0. The van der Waals surface area contributed by atoms with Crippen LogP contribution in [0.5, 0.6) is 0 Å². The summed E-state index contributed by atoms with van der Waals surface area (Å²) in [6, 6.07) is 22.3. The maximum absolute atomic E-state index is 2.40. The molecule has 2 aliphatic rings. The number of hydrogen-bond acceptors (Lipinski definition) is 0. The molecule has 0 saturated carbocycles. The van der Waals surface area contributed by atoms with Crippen molar-refractivity contribution in [2.75, 3.05) is 0 Å². The van der Waals surface area contributed by atoms with E-state index in [-0.39, 0.29) is 31.0 Å². The Morgan fingerprint density at radius 1 is 0.565 bits per heavy atom. The Labute approximate surface area is 160 Å². The van der Waals surface area contributed by atoms with Gasteiger partial charge in [0.25, 0.3) is 0 Å². The Hall–Kier alpha value is -1.60. The molecule has 0 spiro atoms. The molecule has 2 aliphatic carbocycles. The molecule has 0 N–H and O–H groups in total. The Bertz CT molecular complexity index is 949. The molecule has 0 amide bonds. The zero-order valence-electron chi connectivity index (χ0n) is 14.3. The Balaban J connectivity index is 0.000000845. The molecule has 0 aromatic heterocycles. The van der Waals surface area contributed by atoms with Gasteiger partial charge in [-0.1, -0.05) is 60.7 Å². The van der Waals surface area contributed by atoms with Crippen molar-refractivity contribution < 1.29 is 31.0 Å². The zero-order valence-corrected chi connectivity index (χ0v) is 15.3. The average molecular weight is 304 g/mol. The largest absolute Gasteiger partial charge is 1.00 e. The third-order valence-corrected chi connectivity index (χ3v) is 4.90. The van der Waals surface area contributed by atoms with E-state index in [0.717, 1.165) is 12.8 Å². The van der Waals surface area contributed by atoms with Crippen LogP contribution in [0.15, 0.2) is 60.7 Å². The molecule has 0 aliphatic heterocycles. The van der Waals surface area contributed by atoms with E-state index in [9.17, 15) is 0 Å². The summed E-state index contributed by atoms with van der Waals surface area (Å²) in [5.74, 6) is 0. The van der Waals surface area contributed by atoms with Gasteiger partial charge in [0.15, 0.2) is 0 Å². The zero-order chi connectivity index (χ0) is 14.5. The van der Waals surface area contributed by atoms with E-state index in [2.05, 4.69) is 72.8 Å². The van der Waals surface area contributed by atoms with E-state index in [0.29, 0.717) is 0 Å². The van der Waals surface area contributed by atoms with Gasteiger partial charge in [-0.25, -0.2) is 0 Å². The molecule has 3 aromatic rings. The van der Waals surface area contributed by atoms with Gasteiger partial charge in [-0.2, -0.15) is 0 Å². The number of hydrogen-bond donors (Lipinski definition) is 0. The normalized spacial score (nSPS) is 13.2. The van der Waals surface area contributed by atoms with Crippen LogP contribution in [0.25, 0.3) is 12.2 Å². The van der Waals surface area contributed by atoms with Crippen molar-refractivity contribution in [3.63, 3.8) is 0 Å². The number of fused-ring (bicyclic) bond motifs is 4. The van der Waals surface area contributed by atoms with Crippen molar-refractivity contribution in [2.24, 2.45) is 0 Å². The molecule has 0 unspecified atom stereocenters. The van der Waals surface area contributed by atoms with Crippen molar-refractivity contribution in [3.8, 4) is 0 Å². The fourth-order valence-corrected chi connectivity index (χ4v) is 3.72. The molecule has 1 heteroatoms. The van der Waals surface area contributed by atoms with Crippen molar-refractivity contribution >= 4 is 12.2 Å². The molecule has 0 radical (unpaired) electrons. The van der Waals surface area contributed by atoms with E-state index in [4.69, 9.17) is 0 Å². The summed E-state index contributed by atoms with van der Waals surface area (Å²) in [7, 11) is 0. The monoisotopic (exact) mass is 304 g/mol. The predicted molar refractivity (Wildman–Crippen MR) is 92.4 cm³/mol. The smallest absolute Gasteiger partial charge is 1.00 e. The molecule has 0 bridgehead atoms. The second kappa shape index (κ2) is 5.79. The van der Waals surface area contributed by atoms with Crippen molar-refractivity contribution in [1.82, 2.24) is 0 Å². The second-order valence-corrected chi connectivity index (χ2v) is 6.29. The van der Waals surface area contributed by atoms with Crippen molar-refractivity contribution in [3.05, 3.63) is 104 Å². The van der Waals surface area contributed by atoms with Gasteiger partial charge in [0, 0.05) is 0 Å². The summed E-state index contributed by atoms with van der Waals surface area (Å²) in [6.45, 7) is 0. The quantitative estimate of drug-likeness (QED) is 0.360. The van der Waals surface area contributed by atoms with Gasteiger partial charge in [-0.3, -0.25) is 0 Å². The van der Waals surface area contributed by atoms with Gasteiger partial charge in [-0.05, 0) is 68.8 Å². The Kier molecular flexibility index (Phi) is 3.77. The summed E-state index contributed by atoms with van der Waals surface area (Å²) in [6.07, 6.45) is 6.78. The van der Waals surface area contributed by atoms with E-state index in [1.807, 2.05) is 0 Å². The van der Waals surface area contributed by atoms with Crippen LogP contribution in [0, 0.1) is 0 Å². The van der Waals surface area contributed by atoms with Crippen LogP contribution in [-0.4, -0.2) is 0 Å². The Morgan fingerprint density at radius 3 is 1.48 bits per heavy atom. The van der Waals surface area contributed by atoms with Crippen LogP contribution >= 0.6 is 0 Å². The maximum atomic E-state index is 2.40. The van der Waals surface area contributed by atoms with Gasteiger partial charge in [0.1, 0.15) is 0 Å². The summed E-state index contributed by atoms with van der Waals surface area (Å²) in [5, 5.41) is 2.79. The summed E-state index contributed by atoms with van der Waals surface area (Å²) in [5.41, 5.74) is 8.52. The third-order valence-electron chi connectivity index (χ3n) is 4.90. The van der Waals surface area contributed by atoms with Gasteiger partial charge >= 0.3 is 29.6 Å². The van der Waals surface area contributed by atoms with Gasteiger partial charge < -0.3 is 1.43 Å². The first kappa shape index (κ1) is 15.0. The molecule has 0 fully saturated rings. The Morgan fingerprint density at radius 2 is 1.00 bits per heavy atom. The van der Waals surface area contributed by atoms with Crippen LogP contribution in [0.4, 0.5) is 0 Å². The van der Waals surface area contributed by atoms with Gasteiger partial charge in [0.05, 0.1) is 0 Å². The molecule has 3 aromatic carbocycles. The van der Waals surface area contributed by atoms with Gasteiger partial charge in [0.2, 0.25) is 0 Å². The fourth-order valence-electron chi connectivity index (χ4n) is 3.72. The first-order valence-corrected chi connectivity index (χ1v) is 7.88. The van der Waals surface area contributed by atoms with Crippen LogP contribution in [0.1, 0.15) is 34.8 Å². The van der Waals surface area contributed by atoms with Crippen molar-refractivity contribution in [1.29, 1.82) is 0 Å². The number of rotatable bonds is 0. The SMILES string of the molecule is C1=c2cc3c(cc2Cc2ccccc21)=Cc1ccccc1C3.[H-].[Na+]. The van der Waals surface area contributed by atoms with Crippen LogP contribution in [0.3, 0.4) is 0 Å². The summed E-state index contributed by atoms with van der Waals surface area (Å²) < 4.78 is 0. The van der Waals surface area contributed by atoms with Crippen LogP contribution in [0.2, 0.25) is 0 Å². The van der Waals surface area contributed by atoms with E-state index in [1.54, 1.807) is 0 Å². The van der Waals surface area contributed by atoms with Crippen LogP contribution < -0.4 is 40.0 Å². The van der Waals surface area contributed by atoms with E-state index >= 15 is 0 Å². The minimum Gasteiger partial charge on any atom is -1.00 e. The minimum atomic E-state index is 0. The third kappa shape index (κ3) is 2.52. The first-order chi connectivity index (χ1) is 10.9. The molecular weight excluding hydrogens is 287 g/mol. The second-order valence-electron chi connectivity index (χ2n) is 6.29. The topological polar surface area (TPSA) is 0 Å². The van der Waals surface area contributed by atoms with Crippen LogP contribution in [-0.2, 0) is 12.8 Å².